The first kappa shape index (κ1) is 20.4. The van der Waals surface area contributed by atoms with E-state index < -0.39 is 23.4 Å². The van der Waals surface area contributed by atoms with Crippen LogP contribution in [0.3, 0.4) is 0 Å². The number of methoxy groups -OCH3 is 1. The maximum atomic E-state index is 15.5. The number of halogens is 2. The molecule has 1 saturated heterocycles. The molecule has 0 bridgehead atoms. The van der Waals surface area contributed by atoms with Gasteiger partial charge in [0.25, 0.3) is 5.91 Å². The van der Waals surface area contributed by atoms with Gasteiger partial charge < -0.3 is 15.4 Å². The zero-order valence-corrected chi connectivity index (χ0v) is 16.5. The number of hydrogen-bond donors (Lipinski definition) is 1. The fraction of sp³-hybridized carbons (Fsp3) is 0.238. The second-order valence-electron chi connectivity index (χ2n) is 7.08. The van der Waals surface area contributed by atoms with Gasteiger partial charge in [-0.2, -0.15) is 9.65 Å². The summed E-state index contributed by atoms with van der Waals surface area (Å²) in [4.78, 5) is 22.6. The maximum absolute atomic E-state index is 15.5. The monoisotopic (exact) mass is 424 g/mol. The van der Waals surface area contributed by atoms with Gasteiger partial charge >= 0.3 is 0 Å². The molecule has 3 heterocycles. The number of nitrogens with two attached hydrogens (primary N) is 1. The summed E-state index contributed by atoms with van der Waals surface area (Å²) in [5.41, 5.74) is 5.78. The molecule has 158 valence electrons. The van der Waals surface area contributed by atoms with E-state index >= 15 is 4.39 Å². The number of benzene rings is 1. The van der Waals surface area contributed by atoms with Crippen LogP contribution in [0.25, 0.3) is 17.1 Å². The van der Waals surface area contributed by atoms with E-state index in [-0.39, 0.29) is 28.7 Å². The van der Waals surface area contributed by atoms with E-state index in [0.717, 1.165) is 10.6 Å². The van der Waals surface area contributed by atoms with Crippen LogP contribution in [0.15, 0.2) is 36.5 Å². The van der Waals surface area contributed by atoms with Crippen LogP contribution in [0.1, 0.15) is 22.5 Å². The molecule has 0 aliphatic carbocycles. The average Bonchev–Trinajstić information content (AvgIpc) is 3.36. The van der Waals surface area contributed by atoms with Gasteiger partial charge in [0.2, 0.25) is 11.8 Å². The number of imidazole rings is 1. The molecule has 2 N–H and O–H groups in total. The summed E-state index contributed by atoms with van der Waals surface area (Å²) >= 11 is 0. The molecule has 0 spiro atoms. The normalized spacial score (nSPS) is 15.7. The predicted octanol–water partition coefficient (Wildman–Crippen LogP) is 2.27. The van der Waals surface area contributed by atoms with Crippen molar-refractivity contribution in [1.29, 1.82) is 5.26 Å². The van der Waals surface area contributed by atoms with Gasteiger partial charge in [-0.3, -0.25) is 9.36 Å². The van der Waals surface area contributed by atoms with Gasteiger partial charge in [0.05, 0.1) is 24.6 Å². The topological polar surface area (TPSA) is 110 Å². The van der Waals surface area contributed by atoms with E-state index in [1.165, 1.54) is 36.4 Å². The molecule has 31 heavy (non-hydrogen) atoms. The first-order valence-corrected chi connectivity index (χ1v) is 9.46. The molecule has 1 aromatic carbocycles. The Balaban J connectivity index is 1.86. The summed E-state index contributed by atoms with van der Waals surface area (Å²) in [5, 5.41) is 8.97. The van der Waals surface area contributed by atoms with E-state index in [2.05, 4.69) is 9.97 Å². The lowest BCUT2D eigenvalue weighted by atomic mass is 10.1. The van der Waals surface area contributed by atoms with Crippen LogP contribution in [0, 0.1) is 23.1 Å². The Kier molecular flexibility index (Phi) is 5.35. The van der Waals surface area contributed by atoms with E-state index in [0.29, 0.717) is 25.4 Å². The largest absolute Gasteiger partial charge is 0.481 e. The van der Waals surface area contributed by atoms with E-state index in [1.54, 1.807) is 12.1 Å². The highest BCUT2D eigenvalue weighted by Gasteiger charge is 2.31. The lowest BCUT2D eigenvalue weighted by Gasteiger charge is -2.14. The summed E-state index contributed by atoms with van der Waals surface area (Å²) in [6.45, 7) is 0.702. The number of nitrogens with zero attached hydrogens (tertiary/aromatic N) is 5. The van der Waals surface area contributed by atoms with Gasteiger partial charge in [-0.25, -0.2) is 14.4 Å². The van der Waals surface area contributed by atoms with Crippen LogP contribution in [0.2, 0.25) is 0 Å². The zero-order chi connectivity index (χ0) is 22.1. The third-order valence-electron chi connectivity index (χ3n) is 5.07. The molecule has 4 rings (SSSR count). The molecule has 1 aliphatic heterocycles. The SMILES string of the molecule is COc1ccc(-n2c(-c3ccc(C#N)c(F)c3)nc(C(=O)N3CC[C@@H](N)C3)c2F)cn1. The van der Waals surface area contributed by atoms with Crippen molar-refractivity contribution >= 4 is 5.91 Å². The van der Waals surface area contributed by atoms with Crippen molar-refractivity contribution < 1.29 is 18.3 Å². The third kappa shape index (κ3) is 3.71. The number of aromatic nitrogens is 3. The highest BCUT2D eigenvalue weighted by Crippen LogP contribution is 2.28. The van der Waals surface area contributed by atoms with E-state index in [1.807, 2.05) is 0 Å². The Morgan fingerprint density at radius 1 is 1.32 bits per heavy atom. The lowest BCUT2D eigenvalue weighted by Crippen LogP contribution is -2.32. The van der Waals surface area contributed by atoms with Crippen LogP contribution in [0.5, 0.6) is 5.88 Å². The summed E-state index contributed by atoms with van der Waals surface area (Å²) in [6, 6.07) is 8.42. The molecule has 3 aromatic rings. The van der Waals surface area contributed by atoms with Gasteiger partial charge in [0.1, 0.15) is 17.7 Å². The van der Waals surface area contributed by atoms with Gasteiger partial charge in [-0.1, -0.05) is 0 Å². The highest BCUT2D eigenvalue weighted by atomic mass is 19.1. The minimum absolute atomic E-state index is 0.000276. The fourth-order valence-corrected chi connectivity index (χ4v) is 3.46. The van der Waals surface area contributed by atoms with Crippen LogP contribution in [0.4, 0.5) is 8.78 Å². The molecule has 1 aliphatic rings. The van der Waals surface area contributed by atoms with Crippen molar-refractivity contribution in [2.75, 3.05) is 20.2 Å². The van der Waals surface area contributed by atoms with E-state index in [4.69, 9.17) is 15.7 Å². The number of carbonyl (C=O) groups excluding carboxylic acids is 1. The minimum Gasteiger partial charge on any atom is -0.481 e. The fourth-order valence-electron chi connectivity index (χ4n) is 3.46. The molecule has 10 heteroatoms. The van der Waals surface area contributed by atoms with Crippen molar-refractivity contribution in [3.63, 3.8) is 0 Å². The molecule has 0 saturated carbocycles. The van der Waals surface area contributed by atoms with Gasteiger partial charge in [-0.05, 0) is 30.7 Å². The predicted molar refractivity (Wildman–Crippen MR) is 106 cm³/mol. The lowest BCUT2D eigenvalue weighted by molar-refractivity contribution is 0.0780. The standard InChI is InChI=1S/C21H18F2N6O2/c1-31-17-5-4-15(10-26-17)29-19(23)18(21(30)28-7-6-14(25)11-28)27-20(29)12-2-3-13(9-24)16(22)8-12/h2-5,8,10,14H,6-7,11,25H2,1H3/t14-/m1/s1. The number of carbonyl (C=O) groups is 1. The molecule has 8 nitrogen and oxygen atoms in total. The number of hydrogen-bond acceptors (Lipinski definition) is 6. The summed E-state index contributed by atoms with van der Waals surface area (Å²) in [5.74, 6) is -1.96. The Hall–Kier alpha value is -3.84. The molecule has 0 unspecified atom stereocenters. The third-order valence-corrected chi connectivity index (χ3v) is 5.07. The number of ether oxygens (including phenoxy) is 1. The minimum atomic E-state index is -0.905. The molecule has 1 atom stereocenters. The van der Waals surface area contributed by atoms with Crippen molar-refractivity contribution in [2.24, 2.45) is 5.73 Å². The van der Waals surface area contributed by atoms with Gasteiger partial charge in [0.15, 0.2) is 5.69 Å². The molecule has 2 aromatic heterocycles. The van der Waals surface area contributed by atoms with E-state index in [9.17, 15) is 9.18 Å². The van der Waals surface area contributed by atoms with Crippen molar-refractivity contribution in [1.82, 2.24) is 19.4 Å². The van der Waals surface area contributed by atoms with Crippen molar-refractivity contribution in [3.05, 3.63) is 59.6 Å². The Bertz CT molecular complexity index is 1190. The average molecular weight is 424 g/mol. The first-order chi connectivity index (χ1) is 14.9. The highest BCUT2D eigenvalue weighted by molar-refractivity contribution is 5.93. The number of likely N-dealkylation sites (tertiary alicyclic amines) is 1. The Morgan fingerprint density at radius 3 is 2.71 bits per heavy atom. The molecule has 0 radical (unpaired) electrons. The first-order valence-electron chi connectivity index (χ1n) is 9.46. The van der Waals surface area contributed by atoms with Crippen molar-refractivity contribution in [3.8, 4) is 29.0 Å². The number of pyridine rings is 1. The van der Waals surface area contributed by atoms with Crippen LogP contribution in [-0.2, 0) is 0 Å². The van der Waals surface area contributed by atoms with Crippen LogP contribution in [-0.4, -0.2) is 51.6 Å². The summed E-state index contributed by atoms with van der Waals surface area (Å²) in [6.07, 6.45) is 1.97. The quantitative estimate of drug-likeness (QED) is 0.688. The second-order valence-corrected chi connectivity index (χ2v) is 7.08. The van der Waals surface area contributed by atoms with Crippen LogP contribution >= 0.6 is 0 Å². The second kappa shape index (κ2) is 8.12. The number of nitriles is 1. The number of amides is 1. The van der Waals surface area contributed by atoms with Crippen molar-refractivity contribution in [2.45, 2.75) is 12.5 Å². The maximum Gasteiger partial charge on any atom is 0.277 e. The van der Waals surface area contributed by atoms with Crippen LogP contribution < -0.4 is 10.5 Å². The zero-order valence-electron chi connectivity index (χ0n) is 16.5. The Labute approximate surface area is 176 Å². The summed E-state index contributed by atoms with van der Waals surface area (Å²) in [7, 11) is 1.45. The Morgan fingerprint density at radius 2 is 2.13 bits per heavy atom. The smallest absolute Gasteiger partial charge is 0.277 e. The molecular formula is C21H18F2N6O2. The molecular weight excluding hydrogens is 406 g/mol. The molecule has 1 fully saturated rings. The molecule has 1 amide bonds. The number of rotatable bonds is 4. The van der Waals surface area contributed by atoms with Gasteiger partial charge in [0, 0.05) is 30.8 Å². The van der Waals surface area contributed by atoms with Gasteiger partial charge in [-0.15, -0.1) is 0 Å². The summed E-state index contributed by atoms with van der Waals surface area (Å²) < 4.78 is 35.9.